The van der Waals surface area contributed by atoms with E-state index in [4.69, 9.17) is 4.74 Å². The van der Waals surface area contributed by atoms with E-state index in [9.17, 15) is 9.90 Å². The highest BCUT2D eigenvalue weighted by atomic mass is 16.5. The molecule has 2 N–H and O–H groups in total. The van der Waals surface area contributed by atoms with Gasteiger partial charge in [0.15, 0.2) is 0 Å². The van der Waals surface area contributed by atoms with E-state index in [-0.39, 0.29) is 18.6 Å². The lowest BCUT2D eigenvalue weighted by Gasteiger charge is -2.27. The van der Waals surface area contributed by atoms with Gasteiger partial charge >= 0.3 is 0 Å². The second-order valence-electron chi connectivity index (χ2n) is 4.59. The summed E-state index contributed by atoms with van der Waals surface area (Å²) in [5.74, 6) is -0.00614. The van der Waals surface area contributed by atoms with Crippen LogP contribution in [0.4, 0.5) is 11.4 Å². The van der Waals surface area contributed by atoms with E-state index in [1.807, 2.05) is 45.0 Å². The average molecular weight is 294 g/mol. The number of nitrogens with one attached hydrogen (secondary N) is 1. The summed E-state index contributed by atoms with van der Waals surface area (Å²) in [6.07, 6.45) is 0.397. The lowest BCUT2D eigenvalue weighted by Crippen LogP contribution is -2.41. The molecule has 5 heteroatoms. The Morgan fingerprint density at radius 1 is 1.33 bits per heavy atom. The van der Waals surface area contributed by atoms with Crippen LogP contribution in [0.1, 0.15) is 27.2 Å². The average Bonchev–Trinajstić information content (AvgIpc) is 2.55. The number of morpholine rings is 1. The summed E-state index contributed by atoms with van der Waals surface area (Å²) in [7, 11) is 0. The van der Waals surface area contributed by atoms with Crippen molar-refractivity contribution in [2.45, 2.75) is 33.3 Å². The number of anilines is 2. The largest absolute Gasteiger partial charge is 0.391 e. The van der Waals surface area contributed by atoms with Gasteiger partial charge in [-0.3, -0.25) is 4.79 Å². The quantitative estimate of drug-likeness (QED) is 0.874. The van der Waals surface area contributed by atoms with Gasteiger partial charge in [-0.25, -0.2) is 0 Å². The fraction of sp³-hybridized carbons (Fsp3) is 0.562. The number of nitrogens with zero attached hydrogens (tertiary/aromatic N) is 1. The molecule has 1 saturated heterocycles. The first-order valence-electron chi connectivity index (χ1n) is 7.61. The maximum atomic E-state index is 11.7. The second-order valence-corrected chi connectivity index (χ2v) is 4.59. The molecular weight excluding hydrogens is 268 g/mol. The molecule has 1 heterocycles. The molecule has 1 aliphatic heterocycles. The standard InChI is InChI=1S/C14H20N2O3.C2H6/c1-2-13(17)9-15-11-3-5-12(6-4-11)16-7-8-19-10-14(16)18;1-2/h3-6,13,15,17H,2,7-10H2,1H3;1-2H3. The summed E-state index contributed by atoms with van der Waals surface area (Å²) < 4.78 is 5.10. The van der Waals surface area contributed by atoms with Crippen molar-refractivity contribution < 1.29 is 14.6 Å². The smallest absolute Gasteiger partial charge is 0.253 e. The minimum absolute atomic E-state index is 0.00614. The first kappa shape index (κ1) is 17.5. The zero-order valence-electron chi connectivity index (χ0n) is 13.1. The predicted molar refractivity (Wildman–Crippen MR) is 85.7 cm³/mol. The van der Waals surface area contributed by atoms with Crippen molar-refractivity contribution in [1.29, 1.82) is 0 Å². The van der Waals surface area contributed by atoms with Crippen LogP contribution in [0, 0.1) is 0 Å². The third kappa shape index (κ3) is 5.36. The zero-order chi connectivity index (χ0) is 15.7. The van der Waals surface area contributed by atoms with E-state index in [1.54, 1.807) is 4.90 Å². The van der Waals surface area contributed by atoms with E-state index in [0.717, 1.165) is 17.8 Å². The molecular formula is C16H26N2O3. The van der Waals surface area contributed by atoms with Crippen LogP contribution in [0.25, 0.3) is 0 Å². The van der Waals surface area contributed by atoms with Crippen molar-refractivity contribution in [2.75, 3.05) is 36.5 Å². The van der Waals surface area contributed by atoms with Crippen LogP contribution in [-0.2, 0) is 9.53 Å². The van der Waals surface area contributed by atoms with Gasteiger partial charge in [0.25, 0.3) is 5.91 Å². The van der Waals surface area contributed by atoms with E-state index in [0.29, 0.717) is 19.7 Å². The minimum atomic E-state index is -0.333. The number of hydrogen-bond acceptors (Lipinski definition) is 4. The first-order valence-corrected chi connectivity index (χ1v) is 7.61. The second kappa shape index (κ2) is 9.37. The molecule has 1 aromatic rings. The number of benzene rings is 1. The normalized spacial score (nSPS) is 16.0. The molecule has 0 aliphatic carbocycles. The molecule has 5 nitrogen and oxygen atoms in total. The Morgan fingerprint density at radius 2 is 2.00 bits per heavy atom. The van der Waals surface area contributed by atoms with E-state index in [2.05, 4.69) is 5.32 Å². The minimum Gasteiger partial charge on any atom is -0.391 e. The van der Waals surface area contributed by atoms with Crippen LogP contribution in [0.3, 0.4) is 0 Å². The number of aliphatic hydroxyl groups is 1. The van der Waals surface area contributed by atoms with Gasteiger partial charge in [0.05, 0.1) is 12.7 Å². The SMILES string of the molecule is CC.CCC(O)CNc1ccc(N2CCOCC2=O)cc1. The lowest BCUT2D eigenvalue weighted by atomic mass is 10.2. The van der Waals surface area contributed by atoms with Crippen molar-refractivity contribution in [1.82, 2.24) is 0 Å². The van der Waals surface area contributed by atoms with Crippen LogP contribution in [0.5, 0.6) is 0 Å². The highest BCUT2D eigenvalue weighted by Crippen LogP contribution is 2.19. The molecule has 0 bridgehead atoms. The van der Waals surface area contributed by atoms with Crippen LogP contribution in [0.15, 0.2) is 24.3 Å². The maximum absolute atomic E-state index is 11.7. The summed E-state index contributed by atoms with van der Waals surface area (Å²) >= 11 is 0. The van der Waals surface area contributed by atoms with E-state index >= 15 is 0 Å². The topological polar surface area (TPSA) is 61.8 Å². The predicted octanol–water partition coefficient (Wildman–Crippen LogP) is 2.26. The Hall–Kier alpha value is -1.59. The highest BCUT2D eigenvalue weighted by Gasteiger charge is 2.19. The van der Waals surface area contributed by atoms with Gasteiger partial charge in [0, 0.05) is 24.5 Å². The zero-order valence-corrected chi connectivity index (χ0v) is 13.1. The highest BCUT2D eigenvalue weighted by molar-refractivity contribution is 5.94. The third-order valence-electron chi connectivity index (χ3n) is 3.18. The fourth-order valence-electron chi connectivity index (χ4n) is 1.93. The number of rotatable bonds is 5. The molecule has 0 aromatic heterocycles. The van der Waals surface area contributed by atoms with Gasteiger partial charge < -0.3 is 20.1 Å². The molecule has 1 fully saturated rings. The van der Waals surface area contributed by atoms with Crippen LogP contribution >= 0.6 is 0 Å². The molecule has 1 aromatic carbocycles. The van der Waals surface area contributed by atoms with Crippen molar-refractivity contribution >= 4 is 17.3 Å². The molecule has 21 heavy (non-hydrogen) atoms. The Bertz CT molecular complexity index is 420. The summed E-state index contributed by atoms with van der Waals surface area (Å²) in [5, 5.41) is 12.6. The summed E-state index contributed by atoms with van der Waals surface area (Å²) in [5.41, 5.74) is 1.83. The van der Waals surface area contributed by atoms with Crippen molar-refractivity contribution in [3.05, 3.63) is 24.3 Å². The van der Waals surface area contributed by atoms with Gasteiger partial charge in [-0.15, -0.1) is 0 Å². The van der Waals surface area contributed by atoms with E-state index in [1.165, 1.54) is 0 Å². The third-order valence-corrected chi connectivity index (χ3v) is 3.18. The Morgan fingerprint density at radius 3 is 2.57 bits per heavy atom. The Balaban J connectivity index is 0.00000106. The maximum Gasteiger partial charge on any atom is 0.253 e. The molecule has 2 rings (SSSR count). The van der Waals surface area contributed by atoms with Crippen molar-refractivity contribution in [2.24, 2.45) is 0 Å². The number of carbonyl (C=O) groups is 1. The van der Waals surface area contributed by atoms with Crippen molar-refractivity contribution in [3.8, 4) is 0 Å². The van der Waals surface area contributed by atoms with Gasteiger partial charge in [0.1, 0.15) is 6.61 Å². The van der Waals surface area contributed by atoms with Gasteiger partial charge in [-0.2, -0.15) is 0 Å². The molecule has 1 atom stereocenters. The van der Waals surface area contributed by atoms with E-state index < -0.39 is 0 Å². The molecule has 1 unspecified atom stereocenters. The van der Waals surface area contributed by atoms with Gasteiger partial charge in [-0.1, -0.05) is 20.8 Å². The molecule has 1 aliphatic rings. The number of hydrogen-bond donors (Lipinski definition) is 2. The Kier molecular flexibility index (Phi) is 7.79. The molecule has 0 saturated carbocycles. The molecule has 0 radical (unpaired) electrons. The number of carbonyl (C=O) groups excluding carboxylic acids is 1. The fourth-order valence-corrected chi connectivity index (χ4v) is 1.93. The van der Waals surface area contributed by atoms with Crippen LogP contribution in [-0.4, -0.2) is 43.4 Å². The number of amides is 1. The number of aliphatic hydroxyl groups excluding tert-OH is 1. The van der Waals surface area contributed by atoms with Crippen LogP contribution < -0.4 is 10.2 Å². The summed E-state index contributed by atoms with van der Waals surface area (Å²) in [6, 6.07) is 7.65. The summed E-state index contributed by atoms with van der Waals surface area (Å²) in [6.45, 7) is 7.81. The monoisotopic (exact) mass is 294 g/mol. The molecule has 1 amide bonds. The summed E-state index contributed by atoms with van der Waals surface area (Å²) in [4.78, 5) is 13.4. The van der Waals surface area contributed by atoms with Crippen molar-refractivity contribution in [3.63, 3.8) is 0 Å². The first-order chi connectivity index (χ1) is 10.2. The number of ether oxygens (including phenoxy) is 1. The Labute approximate surface area is 126 Å². The van der Waals surface area contributed by atoms with Gasteiger partial charge in [0.2, 0.25) is 0 Å². The lowest BCUT2D eigenvalue weighted by molar-refractivity contribution is -0.125. The molecule has 0 spiro atoms. The van der Waals surface area contributed by atoms with Crippen LogP contribution in [0.2, 0.25) is 0 Å². The van der Waals surface area contributed by atoms with Gasteiger partial charge in [-0.05, 0) is 30.7 Å². The molecule has 118 valence electrons.